The minimum absolute atomic E-state index is 0.0171. The van der Waals surface area contributed by atoms with E-state index in [1.54, 1.807) is 13.0 Å². The second-order valence-corrected chi connectivity index (χ2v) is 2.85. The normalized spacial score (nSPS) is 14.5. The van der Waals surface area contributed by atoms with Crippen LogP contribution in [0.25, 0.3) is 0 Å². The van der Waals surface area contributed by atoms with E-state index in [0.717, 1.165) is 0 Å². The second kappa shape index (κ2) is 3.43. The molecule has 0 aromatic carbocycles. The molecule has 3 N–H and O–H groups in total. The van der Waals surface area contributed by atoms with Crippen LogP contribution in [0.4, 0.5) is 8.78 Å². The van der Waals surface area contributed by atoms with Gasteiger partial charge < -0.3 is 15.3 Å². The number of aryl methyl sites for hydroxylation is 1. The van der Waals surface area contributed by atoms with Gasteiger partial charge in [-0.05, 0) is 19.1 Å². The smallest absolute Gasteiger partial charge is 0.292 e. The molecule has 3 nitrogen and oxygen atoms in total. The van der Waals surface area contributed by atoms with Gasteiger partial charge in [-0.2, -0.15) is 0 Å². The molecule has 1 rings (SSSR count). The molecular formula is C8H11F2NO2. The average Bonchev–Trinajstić information content (AvgIpc) is 2.50. The predicted molar refractivity (Wildman–Crippen MR) is 42.4 cm³/mol. The molecule has 0 bridgehead atoms. The minimum Gasteiger partial charge on any atom is -0.464 e. The third-order valence-electron chi connectivity index (χ3n) is 1.73. The van der Waals surface area contributed by atoms with E-state index in [4.69, 9.17) is 15.3 Å². The average molecular weight is 191 g/mol. The molecule has 0 radical (unpaired) electrons. The molecule has 1 aromatic rings. The molecule has 1 atom stereocenters. The van der Waals surface area contributed by atoms with Gasteiger partial charge in [-0.15, -0.1) is 0 Å². The summed E-state index contributed by atoms with van der Waals surface area (Å²) in [5, 5.41) is 8.36. The molecule has 0 spiro atoms. The van der Waals surface area contributed by atoms with Crippen LogP contribution in [-0.4, -0.2) is 17.6 Å². The molecule has 0 aliphatic rings. The van der Waals surface area contributed by atoms with Gasteiger partial charge in [0, 0.05) is 0 Å². The SMILES string of the molecule is Cc1ccc([C@H](N)C(F)(F)CO)o1. The molecule has 1 heterocycles. The summed E-state index contributed by atoms with van der Waals surface area (Å²) in [5.41, 5.74) is 5.19. The Bertz CT molecular complexity index is 285. The molecule has 1 aromatic heterocycles. The fourth-order valence-electron chi connectivity index (χ4n) is 0.927. The highest BCUT2D eigenvalue weighted by Crippen LogP contribution is 2.29. The van der Waals surface area contributed by atoms with Crippen molar-refractivity contribution in [2.24, 2.45) is 5.73 Å². The first-order valence-electron chi connectivity index (χ1n) is 3.78. The Morgan fingerprint density at radius 3 is 2.62 bits per heavy atom. The summed E-state index contributed by atoms with van der Waals surface area (Å²) < 4.78 is 30.5. The van der Waals surface area contributed by atoms with E-state index in [2.05, 4.69) is 0 Å². The number of alkyl halides is 2. The fourth-order valence-corrected chi connectivity index (χ4v) is 0.927. The van der Waals surface area contributed by atoms with Gasteiger partial charge in [0.1, 0.15) is 24.2 Å². The molecular weight excluding hydrogens is 180 g/mol. The fraction of sp³-hybridized carbons (Fsp3) is 0.500. The van der Waals surface area contributed by atoms with E-state index >= 15 is 0 Å². The van der Waals surface area contributed by atoms with Crippen LogP contribution in [0.5, 0.6) is 0 Å². The van der Waals surface area contributed by atoms with E-state index in [0.29, 0.717) is 5.76 Å². The van der Waals surface area contributed by atoms with Crippen LogP contribution in [-0.2, 0) is 0 Å². The van der Waals surface area contributed by atoms with Gasteiger partial charge in [0.05, 0.1) is 0 Å². The summed E-state index contributed by atoms with van der Waals surface area (Å²) in [5.74, 6) is -2.85. The van der Waals surface area contributed by atoms with E-state index in [9.17, 15) is 8.78 Å². The van der Waals surface area contributed by atoms with Crippen molar-refractivity contribution < 1.29 is 18.3 Å². The number of hydrogen-bond acceptors (Lipinski definition) is 3. The van der Waals surface area contributed by atoms with Crippen LogP contribution in [0.3, 0.4) is 0 Å². The zero-order valence-electron chi connectivity index (χ0n) is 7.13. The first-order chi connectivity index (χ1) is 5.97. The van der Waals surface area contributed by atoms with Crippen molar-refractivity contribution in [3.63, 3.8) is 0 Å². The Morgan fingerprint density at radius 2 is 2.23 bits per heavy atom. The molecule has 0 amide bonds. The van der Waals surface area contributed by atoms with Gasteiger partial charge in [-0.1, -0.05) is 0 Å². The lowest BCUT2D eigenvalue weighted by Gasteiger charge is -2.18. The van der Waals surface area contributed by atoms with E-state index in [-0.39, 0.29) is 5.76 Å². The van der Waals surface area contributed by atoms with Crippen LogP contribution in [0.15, 0.2) is 16.5 Å². The first-order valence-corrected chi connectivity index (χ1v) is 3.78. The van der Waals surface area contributed by atoms with Crippen LogP contribution in [0.1, 0.15) is 17.6 Å². The van der Waals surface area contributed by atoms with Crippen molar-refractivity contribution in [2.45, 2.75) is 18.9 Å². The quantitative estimate of drug-likeness (QED) is 0.755. The zero-order chi connectivity index (χ0) is 10.1. The Labute approximate surface area is 74.2 Å². The molecule has 0 saturated carbocycles. The van der Waals surface area contributed by atoms with Crippen LogP contribution >= 0.6 is 0 Å². The summed E-state index contributed by atoms with van der Waals surface area (Å²) in [4.78, 5) is 0. The van der Waals surface area contributed by atoms with Crippen LogP contribution in [0.2, 0.25) is 0 Å². The van der Waals surface area contributed by atoms with E-state index in [1.807, 2.05) is 0 Å². The Kier molecular flexibility index (Phi) is 2.68. The maximum absolute atomic E-state index is 12.8. The Balaban J connectivity index is 2.84. The number of halogens is 2. The number of hydrogen-bond donors (Lipinski definition) is 2. The third kappa shape index (κ3) is 2.05. The maximum Gasteiger partial charge on any atom is 0.292 e. The number of furan rings is 1. The lowest BCUT2D eigenvalue weighted by molar-refractivity contribution is -0.0756. The molecule has 0 fully saturated rings. The Hall–Kier alpha value is -0.940. The van der Waals surface area contributed by atoms with Gasteiger partial charge in [0.25, 0.3) is 5.92 Å². The maximum atomic E-state index is 12.8. The van der Waals surface area contributed by atoms with Gasteiger partial charge in [0.2, 0.25) is 0 Å². The topological polar surface area (TPSA) is 59.4 Å². The predicted octanol–water partition coefficient (Wildman–Crippen LogP) is 1.22. The molecule has 74 valence electrons. The highest BCUT2D eigenvalue weighted by atomic mass is 19.3. The largest absolute Gasteiger partial charge is 0.464 e. The highest BCUT2D eigenvalue weighted by Gasteiger charge is 2.39. The number of nitrogens with two attached hydrogens (primary N) is 1. The van der Waals surface area contributed by atoms with Crippen molar-refractivity contribution in [3.05, 3.63) is 23.7 Å². The number of rotatable bonds is 3. The monoisotopic (exact) mass is 191 g/mol. The Morgan fingerprint density at radius 1 is 1.62 bits per heavy atom. The van der Waals surface area contributed by atoms with Gasteiger partial charge in [-0.25, -0.2) is 8.78 Å². The summed E-state index contributed by atoms with van der Waals surface area (Å²) >= 11 is 0. The van der Waals surface area contributed by atoms with Crippen molar-refractivity contribution in [2.75, 3.05) is 6.61 Å². The van der Waals surface area contributed by atoms with Gasteiger partial charge in [-0.3, -0.25) is 0 Å². The van der Waals surface area contributed by atoms with Crippen LogP contribution < -0.4 is 5.73 Å². The summed E-state index contributed by atoms with van der Waals surface area (Å²) in [6.07, 6.45) is 0. The third-order valence-corrected chi connectivity index (χ3v) is 1.73. The molecule has 0 aliphatic carbocycles. The van der Waals surface area contributed by atoms with Crippen molar-refractivity contribution in [3.8, 4) is 0 Å². The standard InChI is InChI=1S/C8H11F2NO2/c1-5-2-3-6(13-5)7(11)8(9,10)4-12/h2-3,7,12H,4,11H2,1H3/t7-/m0/s1. The number of aliphatic hydroxyl groups excluding tert-OH is 1. The van der Waals surface area contributed by atoms with Crippen molar-refractivity contribution >= 4 is 0 Å². The van der Waals surface area contributed by atoms with Crippen LogP contribution in [0, 0.1) is 6.92 Å². The van der Waals surface area contributed by atoms with Gasteiger partial charge >= 0.3 is 0 Å². The molecule has 0 aliphatic heterocycles. The summed E-state index contributed by atoms with van der Waals surface area (Å²) in [6.45, 7) is 0.348. The molecule has 5 heteroatoms. The molecule has 0 saturated heterocycles. The summed E-state index contributed by atoms with van der Waals surface area (Å²) in [7, 11) is 0. The van der Waals surface area contributed by atoms with Crippen molar-refractivity contribution in [1.82, 2.24) is 0 Å². The second-order valence-electron chi connectivity index (χ2n) is 2.85. The zero-order valence-corrected chi connectivity index (χ0v) is 7.13. The lowest BCUT2D eigenvalue weighted by Crippen LogP contribution is -2.35. The lowest BCUT2D eigenvalue weighted by atomic mass is 10.1. The van der Waals surface area contributed by atoms with Crippen molar-refractivity contribution in [1.29, 1.82) is 0 Å². The van der Waals surface area contributed by atoms with E-state index in [1.165, 1.54) is 6.07 Å². The number of aliphatic hydroxyl groups is 1. The highest BCUT2D eigenvalue weighted by molar-refractivity contribution is 5.11. The first kappa shape index (κ1) is 10.1. The molecule has 0 unspecified atom stereocenters. The summed E-state index contributed by atoms with van der Waals surface area (Å²) in [6, 6.07) is 1.33. The molecule has 13 heavy (non-hydrogen) atoms. The van der Waals surface area contributed by atoms with Gasteiger partial charge in [0.15, 0.2) is 0 Å². The minimum atomic E-state index is -3.34. The van der Waals surface area contributed by atoms with E-state index < -0.39 is 18.6 Å².